The van der Waals surface area contributed by atoms with Crippen LogP contribution in [0.3, 0.4) is 0 Å². The molecule has 0 radical (unpaired) electrons. The summed E-state index contributed by atoms with van der Waals surface area (Å²) in [6.07, 6.45) is 111. The molecule has 0 fully saturated rings. The molecule has 0 aliphatic rings. The molecule has 0 rings (SSSR count). The molecule has 0 aliphatic heterocycles. The van der Waals surface area contributed by atoms with Crippen molar-refractivity contribution >= 4 is 17.9 Å². The molecule has 9 heteroatoms. The first-order chi connectivity index (χ1) is 48.6. The van der Waals surface area contributed by atoms with Crippen molar-refractivity contribution in [1.82, 2.24) is 0 Å². The van der Waals surface area contributed by atoms with Crippen LogP contribution in [0.15, 0.2) is 122 Å². The van der Waals surface area contributed by atoms with Crippen molar-refractivity contribution in [1.29, 1.82) is 0 Å². The molecule has 0 bridgehead atoms. The monoisotopic (exact) mass is 1380 g/mol. The van der Waals surface area contributed by atoms with Gasteiger partial charge >= 0.3 is 17.9 Å². The number of allylic oxidation sites excluding steroid dienone is 20. The number of unbranched alkanes of at least 4 members (excludes halogenated alkanes) is 42. The minimum absolute atomic E-state index is 0.179. The fraction of sp³-hybridized carbons (Fsp3) is 0.744. The van der Waals surface area contributed by atoms with E-state index in [0.717, 1.165) is 109 Å². The minimum atomic E-state index is -1.52. The van der Waals surface area contributed by atoms with Crippen LogP contribution in [0.25, 0.3) is 0 Å². The van der Waals surface area contributed by atoms with Crippen molar-refractivity contribution in [3.05, 3.63) is 122 Å². The summed E-state index contributed by atoms with van der Waals surface area (Å²) in [6, 6.07) is 0. The summed E-state index contributed by atoms with van der Waals surface area (Å²) in [6.45, 7) is 4.77. The van der Waals surface area contributed by atoms with Crippen LogP contribution >= 0.6 is 0 Å². The third-order valence-electron chi connectivity index (χ3n) is 18.2. The Bertz CT molecular complexity index is 2050. The van der Waals surface area contributed by atoms with E-state index in [4.69, 9.17) is 18.9 Å². The van der Waals surface area contributed by atoms with E-state index in [1.54, 1.807) is 0 Å². The van der Waals surface area contributed by atoms with Crippen molar-refractivity contribution in [2.24, 2.45) is 0 Å². The number of quaternary nitrogens is 1. The molecular weight excluding hydrogens is 1220 g/mol. The van der Waals surface area contributed by atoms with Gasteiger partial charge in [-0.25, -0.2) is 4.79 Å². The van der Waals surface area contributed by atoms with Crippen molar-refractivity contribution in [2.75, 3.05) is 47.5 Å². The zero-order valence-corrected chi connectivity index (χ0v) is 65.4. The number of ether oxygens (including phenoxy) is 4. The zero-order chi connectivity index (χ0) is 71.8. The van der Waals surface area contributed by atoms with E-state index >= 15 is 0 Å². The van der Waals surface area contributed by atoms with Crippen LogP contribution in [-0.4, -0.2) is 87.4 Å². The molecule has 1 N–H and O–H groups in total. The number of carbonyl (C=O) groups excluding carboxylic acids is 2. The smallest absolute Gasteiger partial charge is 0.361 e. The number of carbonyl (C=O) groups is 3. The molecular formula is C90H158NO8+. The Labute approximate surface area is 612 Å². The Morgan fingerprint density at radius 2 is 0.576 bits per heavy atom. The molecule has 0 aromatic carbocycles. The standard InChI is InChI=1S/C90H157NO8/c1-6-8-10-12-14-16-18-20-22-24-26-28-30-32-34-36-38-40-41-42-43-44-45-46-47-49-50-52-54-56-58-60-62-64-66-68-70-72-74-76-78-80-87(92)97-84-86(85-98-90(89(94)95)96-83-82-91(3,4)5)99-88(93)81-79-77-75-73-71-69-67-65-63-61-59-57-55-53-51-48-39-37-35-33-31-29-27-25-23-21-19-17-15-13-11-9-7-2/h9,11,15,17,21,23-24,26-27,29,33,35,39,48,53,55,59,61,65,67,86,90H,6-8,10,12-14,16,18-20,22,25,28,30-32,34,36-38,40-47,49-52,54,56-58,60,62-64,66,68-85H2,1-5H3/p+1/b11-9-,17-15-,23-21-,26-24-,29-27-,35-33-,48-39-,55-53-,61-59-,67-65-. The van der Waals surface area contributed by atoms with Crippen molar-refractivity contribution in [2.45, 2.75) is 386 Å². The molecule has 0 spiro atoms. The van der Waals surface area contributed by atoms with Gasteiger partial charge in [0.05, 0.1) is 34.4 Å². The average molecular weight is 1380 g/mol. The second-order valence-corrected chi connectivity index (χ2v) is 29.1. The number of likely N-dealkylation sites (N-methyl/N-ethyl adjacent to an activating group) is 1. The van der Waals surface area contributed by atoms with Gasteiger partial charge in [-0.05, 0) is 109 Å². The van der Waals surface area contributed by atoms with E-state index in [0.29, 0.717) is 23.9 Å². The normalized spacial score (nSPS) is 13.3. The van der Waals surface area contributed by atoms with Crippen LogP contribution in [0, 0.1) is 0 Å². The Hall–Kier alpha value is -4.31. The quantitative estimate of drug-likeness (QED) is 0.0211. The second kappa shape index (κ2) is 79.4. The Kier molecular flexibility index (Phi) is 75.9. The van der Waals surface area contributed by atoms with Crippen molar-refractivity contribution in [3.8, 4) is 0 Å². The predicted octanol–water partition coefficient (Wildman–Crippen LogP) is 27.0. The van der Waals surface area contributed by atoms with Crippen LogP contribution in [0.2, 0.25) is 0 Å². The predicted molar refractivity (Wildman–Crippen MR) is 428 cm³/mol. The van der Waals surface area contributed by atoms with Gasteiger partial charge in [-0.2, -0.15) is 0 Å². The number of carboxylic acid groups (broad SMARTS) is 1. The van der Waals surface area contributed by atoms with Gasteiger partial charge in [-0.15, -0.1) is 0 Å². The number of esters is 2. The summed E-state index contributed by atoms with van der Waals surface area (Å²) in [5.74, 6) is -2.02. The first-order valence-electron chi connectivity index (χ1n) is 41.7. The molecule has 0 saturated carbocycles. The lowest BCUT2D eigenvalue weighted by Crippen LogP contribution is -2.40. The molecule has 0 heterocycles. The maximum Gasteiger partial charge on any atom is 0.361 e. The molecule has 99 heavy (non-hydrogen) atoms. The topological polar surface area (TPSA) is 108 Å². The van der Waals surface area contributed by atoms with Crippen molar-refractivity contribution in [3.63, 3.8) is 0 Å². The number of nitrogens with zero attached hydrogens (tertiary/aromatic N) is 1. The maximum absolute atomic E-state index is 13.0. The van der Waals surface area contributed by atoms with E-state index in [1.807, 2.05) is 21.1 Å². The number of aliphatic carboxylic acids is 1. The lowest BCUT2D eigenvalue weighted by atomic mass is 10.0. The first kappa shape index (κ1) is 94.7. The van der Waals surface area contributed by atoms with Crippen LogP contribution in [0.4, 0.5) is 0 Å². The van der Waals surface area contributed by atoms with E-state index in [9.17, 15) is 19.5 Å². The molecule has 0 aromatic heterocycles. The lowest BCUT2D eigenvalue weighted by Gasteiger charge is -2.25. The molecule has 2 atom stereocenters. The van der Waals surface area contributed by atoms with Crippen LogP contribution in [0.5, 0.6) is 0 Å². The van der Waals surface area contributed by atoms with Gasteiger partial charge in [0.15, 0.2) is 6.10 Å². The third kappa shape index (κ3) is 80.9. The van der Waals surface area contributed by atoms with Crippen LogP contribution < -0.4 is 0 Å². The SMILES string of the molecule is CC/C=C\C/C=C\C/C=C\C/C=C\C/C=C\C/C=C\C/C=C\C/C=C\C/C=C\CCCCCCCC(=O)OC(COC(=O)CCCCCCCCCCCCCCCCCCCCCCCCCCCCCCC/C=C\CCCCCCCCCC)COC(OCC[N+](C)(C)C)C(=O)O. The van der Waals surface area contributed by atoms with Gasteiger partial charge in [-0.3, -0.25) is 9.59 Å². The summed E-state index contributed by atoms with van der Waals surface area (Å²) in [5.41, 5.74) is 0. The van der Waals surface area contributed by atoms with Gasteiger partial charge in [0, 0.05) is 12.8 Å². The number of rotatable bonds is 77. The highest BCUT2D eigenvalue weighted by molar-refractivity contribution is 5.71. The zero-order valence-electron chi connectivity index (χ0n) is 65.4. The maximum atomic E-state index is 13.0. The van der Waals surface area contributed by atoms with Crippen LogP contribution in [-0.2, 0) is 33.3 Å². The highest BCUT2D eigenvalue weighted by Gasteiger charge is 2.25. The Morgan fingerprint density at radius 3 is 0.869 bits per heavy atom. The Balaban J connectivity index is 4.03. The molecule has 0 aromatic rings. The molecule has 570 valence electrons. The van der Waals surface area contributed by atoms with E-state index in [2.05, 4.69) is 135 Å². The molecule has 0 saturated heterocycles. The summed E-state index contributed by atoms with van der Waals surface area (Å²) < 4.78 is 23.0. The average Bonchev–Trinajstić information content (AvgIpc) is 1.57. The summed E-state index contributed by atoms with van der Waals surface area (Å²) in [4.78, 5) is 37.7. The van der Waals surface area contributed by atoms with Gasteiger partial charge < -0.3 is 28.5 Å². The number of hydrogen-bond donors (Lipinski definition) is 1. The third-order valence-corrected chi connectivity index (χ3v) is 18.2. The molecule has 9 nitrogen and oxygen atoms in total. The van der Waals surface area contributed by atoms with E-state index in [-0.39, 0.29) is 32.2 Å². The number of carboxylic acids is 1. The molecule has 2 unspecified atom stereocenters. The number of hydrogen-bond acceptors (Lipinski definition) is 7. The van der Waals surface area contributed by atoms with E-state index in [1.165, 1.54) is 231 Å². The van der Waals surface area contributed by atoms with Gasteiger partial charge in [0.1, 0.15) is 13.2 Å². The first-order valence-corrected chi connectivity index (χ1v) is 41.7. The largest absolute Gasteiger partial charge is 0.477 e. The molecule has 0 amide bonds. The second-order valence-electron chi connectivity index (χ2n) is 29.1. The fourth-order valence-corrected chi connectivity index (χ4v) is 11.9. The Morgan fingerprint density at radius 1 is 0.313 bits per heavy atom. The summed E-state index contributed by atoms with van der Waals surface area (Å²) in [5, 5.41) is 9.78. The minimum Gasteiger partial charge on any atom is -0.477 e. The van der Waals surface area contributed by atoms with E-state index < -0.39 is 24.3 Å². The van der Waals surface area contributed by atoms with Crippen molar-refractivity contribution < 1.29 is 42.9 Å². The summed E-state index contributed by atoms with van der Waals surface area (Å²) in [7, 11) is 5.98. The highest BCUT2D eigenvalue weighted by atomic mass is 16.7. The van der Waals surface area contributed by atoms with Gasteiger partial charge in [0.25, 0.3) is 6.29 Å². The van der Waals surface area contributed by atoms with Gasteiger partial charge in [-0.1, -0.05) is 373 Å². The van der Waals surface area contributed by atoms with Gasteiger partial charge in [0.2, 0.25) is 0 Å². The van der Waals surface area contributed by atoms with Crippen LogP contribution in [0.1, 0.15) is 373 Å². The summed E-state index contributed by atoms with van der Waals surface area (Å²) >= 11 is 0. The molecule has 0 aliphatic carbocycles. The lowest BCUT2D eigenvalue weighted by molar-refractivity contribution is -0.870. The highest BCUT2D eigenvalue weighted by Crippen LogP contribution is 2.19. The fourth-order valence-electron chi connectivity index (χ4n) is 11.9.